The Hall–Kier alpha value is -4.28. The van der Waals surface area contributed by atoms with E-state index in [-0.39, 0.29) is 29.1 Å². The predicted molar refractivity (Wildman–Crippen MR) is 122 cm³/mol. The lowest BCUT2D eigenvalue weighted by Gasteiger charge is -2.28. The van der Waals surface area contributed by atoms with E-state index >= 15 is 0 Å². The van der Waals surface area contributed by atoms with Gasteiger partial charge in [-0.1, -0.05) is 20.8 Å². The van der Waals surface area contributed by atoms with E-state index in [1.807, 2.05) is 20.8 Å². The van der Waals surface area contributed by atoms with Crippen molar-refractivity contribution in [2.24, 2.45) is 0 Å². The Balaban J connectivity index is 1.63. The molecule has 0 radical (unpaired) electrons. The standard InChI is InChI=1S/C23H22FN5O5/c1-23(2,3)19-11-20(28(26-19)15-6-4-14(24)5-7-15)25-21(30)12-27-17-10-16(29(32)33)8-9-18(17)34-13-22(27)31/h4-11H,12-13H2,1-3H3,(H,25,30). The van der Waals surface area contributed by atoms with Gasteiger partial charge < -0.3 is 10.1 Å². The maximum atomic E-state index is 13.4. The molecular weight excluding hydrogens is 445 g/mol. The topological polar surface area (TPSA) is 120 Å². The largest absolute Gasteiger partial charge is 0.482 e. The minimum atomic E-state index is -0.590. The van der Waals surface area contributed by atoms with Crippen molar-refractivity contribution in [3.63, 3.8) is 0 Å². The fourth-order valence-electron chi connectivity index (χ4n) is 3.42. The molecule has 0 aliphatic carbocycles. The summed E-state index contributed by atoms with van der Waals surface area (Å²) >= 11 is 0. The molecule has 0 atom stereocenters. The van der Waals surface area contributed by atoms with E-state index in [0.29, 0.717) is 17.2 Å². The van der Waals surface area contributed by atoms with Crippen molar-refractivity contribution in [2.45, 2.75) is 26.2 Å². The molecule has 0 saturated heterocycles. The van der Waals surface area contributed by atoms with Crippen LogP contribution in [0.3, 0.4) is 0 Å². The summed E-state index contributed by atoms with van der Waals surface area (Å²) in [6.07, 6.45) is 0. The lowest BCUT2D eigenvalue weighted by atomic mass is 9.92. The number of carbonyl (C=O) groups is 2. The van der Waals surface area contributed by atoms with E-state index < -0.39 is 29.1 Å². The Morgan fingerprint density at radius 1 is 1.21 bits per heavy atom. The lowest BCUT2D eigenvalue weighted by Crippen LogP contribution is -2.43. The van der Waals surface area contributed by atoms with Crippen molar-refractivity contribution < 1.29 is 23.6 Å². The number of anilines is 2. The number of nitrogens with zero attached hydrogens (tertiary/aromatic N) is 4. The van der Waals surface area contributed by atoms with Gasteiger partial charge in [-0.05, 0) is 30.3 Å². The highest BCUT2D eigenvalue weighted by Gasteiger charge is 2.30. The second-order valence-corrected chi connectivity index (χ2v) is 8.78. The van der Waals surface area contributed by atoms with Gasteiger partial charge in [0.1, 0.15) is 23.9 Å². The number of non-ortho nitro benzene ring substituents is 1. The third-order valence-electron chi connectivity index (χ3n) is 5.21. The number of hydrogen-bond donors (Lipinski definition) is 1. The minimum absolute atomic E-state index is 0.142. The molecule has 2 heterocycles. The first-order chi connectivity index (χ1) is 16.0. The summed E-state index contributed by atoms with van der Waals surface area (Å²) in [6.45, 7) is 5.21. The van der Waals surface area contributed by atoms with E-state index in [9.17, 15) is 24.1 Å². The molecule has 176 valence electrons. The number of halogens is 1. The van der Waals surface area contributed by atoms with Crippen LogP contribution in [0.1, 0.15) is 26.5 Å². The summed E-state index contributed by atoms with van der Waals surface area (Å²) in [7, 11) is 0. The molecule has 3 aromatic rings. The molecule has 10 nitrogen and oxygen atoms in total. The average molecular weight is 467 g/mol. The van der Waals surface area contributed by atoms with Crippen LogP contribution in [0.4, 0.5) is 21.6 Å². The van der Waals surface area contributed by atoms with Crippen LogP contribution < -0.4 is 15.0 Å². The zero-order valence-corrected chi connectivity index (χ0v) is 18.7. The molecule has 1 aliphatic heterocycles. The molecule has 2 aromatic carbocycles. The van der Waals surface area contributed by atoms with Gasteiger partial charge in [-0.15, -0.1) is 0 Å². The van der Waals surface area contributed by atoms with Crippen molar-refractivity contribution >= 4 is 29.0 Å². The number of rotatable bonds is 5. The number of aromatic nitrogens is 2. The summed E-state index contributed by atoms with van der Waals surface area (Å²) in [5, 5.41) is 18.5. The normalized spacial score (nSPS) is 13.3. The second kappa shape index (κ2) is 8.58. The van der Waals surface area contributed by atoms with Gasteiger partial charge in [0, 0.05) is 23.6 Å². The number of carbonyl (C=O) groups excluding carboxylic acids is 2. The SMILES string of the molecule is CC(C)(C)c1cc(NC(=O)CN2C(=O)COc3ccc([N+](=O)[O-])cc32)n(-c2ccc(F)cc2)n1. The first kappa shape index (κ1) is 22.9. The van der Waals surface area contributed by atoms with Gasteiger partial charge in [0.25, 0.3) is 11.6 Å². The number of amides is 2. The van der Waals surface area contributed by atoms with E-state index in [1.165, 1.54) is 47.1 Å². The van der Waals surface area contributed by atoms with Crippen molar-refractivity contribution in [3.8, 4) is 11.4 Å². The molecule has 1 aliphatic rings. The fourth-order valence-corrected chi connectivity index (χ4v) is 3.42. The van der Waals surface area contributed by atoms with Gasteiger partial charge in [-0.3, -0.25) is 24.6 Å². The number of nitro benzene ring substituents is 1. The van der Waals surface area contributed by atoms with Gasteiger partial charge in [-0.25, -0.2) is 9.07 Å². The Bertz CT molecular complexity index is 1280. The summed E-state index contributed by atoms with van der Waals surface area (Å²) in [6, 6.07) is 11.2. The highest BCUT2D eigenvalue weighted by atomic mass is 19.1. The zero-order valence-electron chi connectivity index (χ0n) is 18.7. The van der Waals surface area contributed by atoms with Crippen molar-refractivity contribution in [1.82, 2.24) is 9.78 Å². The highest BCUT2D eigenvalue weighted by Crippen LogP contribution is 2.35. The maximum absolute atomic E-state index is 13.4. The van der Waals surface area contributed by atoms with E-state index in [2.05, 4.69) is 10.4 Å². The van der Waals surface area contributed by atoms with Crippen LogP contribution in [0.15, 0.2) is 48.5 Å². The Kier molecular flexibility index (Phi) is 5.78. The van der Waals surface area contributed by atoms with E-state index in [1.54, 1.807) is 6.07 Å². The Labute approximate surface area is 194 Å². The van der Waals surface area contributed by atoms with E-state index in [0.717, 1.165) is 4.90 Å². The van der Waals surface area contributed by atoms with Gasteiger partial charge in [-0.2, -0.15) is 5.10 Å². The van der Waals surface area contributed by atoms with Gasteiger partial charge >= 0.3 is 0 Å². The van der Waals surface area contributed by atoms with Crippen molar-refractivity contribution in [1.29, 1.82) is 0 Å². The number of nitro groups is 1. The first-order valence-electron chi connectivity index (χ1n) is 10.4. The molecule has 0 spiro atoms. The molecule has 34 heavy (non-hydrogen) atoms. The van der Waals surface area contributed by atoms with Crippen molar-refractivity contribution in [2.75, 3.05) is 23.4 Å². The van der Waals surface area contributed by atoms with Crippen LogP contribution in [0, 0.1) is 15.9 Å². The summed E-state index contributed by atoms with van der Waals surface area (Å²) in [5.41, 5.74) is 0.809. The molecule has 1 N–H and O–H groups in total. The summed E-state index contributed by atoms with van der Waals surface area (Å²) in [5.74, 6) is -0.857. The molecule has 4 rings (SSSR count). The predicted octanol–water partition coefficient (Wildman–Crippen LogP) is 3.58. The molecule has 2 amide bonds. The lowest BCUT2D eigenvalue weighted by molar-refractivity contribution is -0.384. The van der Waals surface area contributed by atoms with Crippen LogP contribution in [-0.2, 0) is 15.0 Å². The number of nitrogens with one attached hydrogen (secondary N) is 1. The molecule has 0 unspecified atom stereocenters. The molecule has 11 heteroatoms. The van der Waals surface area contributed by atoms with Crippen LogP contribution in [0.2, 0.25) is 0 Å². The maximum Gasteiger partial charge on any atom is 0.271 e. The molecular formula is C23H22FN5O5. The third-order valence-corrected chi connectivity index (χ3v) is 5.21. The molecule has 0 saturated carbocycles. The van der Waals surface area contributed by atoms with Gasteiger partial charge in [0.05, 0.1) is 22.0 Å². The first-order valence-corrected chi connectivity index (χ1v) is 10.4. The van der Waals surface area contributed by atoms with Crippen LogP contribution in [0.5, 0.6) is 5.75 Å². The monoisotopic (exact) mass is 467 g/mol. The molecule has 0 fully saturated rings. The average Bonchev–Trinajstić information content (AvgIpc) is 3.20. The number of fused-ring (bicyclic) bond motifs is 1. The molecule has 1 aromatic heterocycles. The summed E-state index contributed by atoms with van der Waals surface area (Å²) < 4.78 is 20.2. The van der Waals surface area contributed by atoms with Gasteiger partial charge in [0.2, 0.25) is 5.91 Å². The fraction of sp³-hybridized carbons (Fsp3) is 0.261. The smallest absolute Gasteiger partial charge is 0.271 e. The van der Waals surface area contributed by atoms with Crippen LogP contribution in [-0.4, -0.2) is 39.7 Å². The second-order valence-electron chi connectivity index (χ2n) is 8.78. The quantitative estimate of drug-likeness (QED) is 0.452. The van der Waals surface area contributed by atoms with Crippen molar-refractivity contribution in [3.05, 3.63) is 70.2 Å². The summed E-state index contributed by atoms with van der Waals surface area (Å²) in [4.78, 5) is 37.2. The van der Waals surface area contributed by atoms with E-state index in [4.69, 9.17) is 4.74 Å². The third kappa shape index (κ3) is 4.58. The minimum Gasteiger partial charge on any atom is -0.482 e. The molecule has 0 bridgehead atoms. The number of benzene rings is 2. The number of ether oxygens (including phenoxy) is 1. The Morgan fingerprint density at radius 3 is 2.56 bits per heavy atom. The Morgan fingerprint density at radius 2 is 1.91 bits per heavy atom. The van der Waals surface area contributed by atoms with Gasteiger partial charge in [0.15, 0.2) is 6.61 Å². The number of hydrogen-bond acceptors (Lipinski definition) is 6. The zero-order chi connectivity index (χ0) is 24.6. The highest BCUT2D eigenvalue weighted by molar-refractivity contribution is 6.05. The van der Waals surface area contributed by atoms with Crippen LogP contribution in [0.25, 0.3) is 5.69 Å². The van der Waals surface area contributed by atoms with Crippen LogP contribution >= 0.6 is 0 Å².